The van der Waals surface area contributed by atoms with Crippen molar-refractivity contribution in [3.63, 3.8) is 0 Å². The Labute approximate surface area is 168 Å². The Hall–Kier alpha value is -2.61. The van der Waals surface area contributed by atoms with Crippen LogP contribution < -0.4 is 5.32 Å². The van der Waals surface area contributed by atoms with Gasteiger partial charge in [-0.3, -0.25) is 9.69 Å². The Morgan fingerprint density at radius 3 is 2.76 bits per heavy atom. The number of benzene rings is 2. The molecule has 2 aromatic carbocycles. The first kappa shape index (κ1) is 21.1. The number of nitrogens with one attached hydrogen (secondary N) is 1. The molecule has 3 rings (SSSR count). The Bertz CT molecular complexity index is 867. The first-order chi connectivity index (χ1) is 14.0. The van der Waals surface area contributed by atoms with E-state index in [2.05, 4.69) is 10.2 Å². The van der Waals surface area contributed by atoms with Crippen molar-refractivity contribution in [2.75, 3.05) is 32.9 Å². The van der Waals surface area contributed by atoms with E-state index in [1.807, 2.05) is 24.3 Å². The summed E-state index contributed by atoms with van der Waals surface area (Å²) in [4.78, 5) is 14.5. The molecule has 1 saturated heterocycles. The van der Waals surface area contributed by atoms with Crippen LogP contribution in [0.2, 0.25) is 0 Å². The Kier molecular flexibility index (Phi) is 7.46. The zero-order valence-corrected chi connectivity index (χ0v) is 16.0. The lowest BCUT2D eigenvalue weighted by Crippen LogP contribution is -2.35. The summed E-state index contributed by atoms with van der Waals surface area (Å²) >= 11 is 0. The van der Waals surface area contributed by atoms with Crippen LogP contribution in [0, 0.1) is 11.6 Å². The molecule has 1 amide bonds. The lowest BCUT2D eigenvalue weighted by atomic mass is 10.0. The maximum Gasteiger partial charge on any atom is 0.244 e. The summed E-state index contributed by atoms with van der Waals surface area (Å²) in [6.07, 6.45) is 2.33. The standard InChI is InChI=1S/C22H24F2N2O3/c23-19-5-6-20(24)17(13-19)4-7-22(28)25-21(15-27)18-3-1-2-16(12-18)14-26-8-10-29-11-9-26/h1-7,12-13,21,27H,8-11,14-15H2,(H,25,28)/t21-/m1/s1. The molecule has 5 nitrogen and oxygen atoms in total. The van der Waals surface area contributed by atoms with Crippen molar-refractivity contribution in [1.29, 1.82) is 0 Å². The van der Waals surface area contributed by atoms with Gasteiger partial charge in [-0.2, -0.15) is 0 Å². The molecule has 0 aliphatic carbocycles. The first-order valence-corrected chi connectivity index (χ1v) is 9.48. The third-order valence-electron chi connectivity index (χ3n) is 4.73. The molecule has 29 heavy (non-hydrogen) atoms. The van der Waals surface area contributed by atoms with Gasteiger partial charge >= 0.3 is 0 Å². The minimum atomic E-state index is -0.620. The number of hydrogen-bond acceptors (Lipinski definition) is 4. The number of aliphatic hydroxyl groups excluding tert-OH is 1. The fourth-order valence-corrected chi connectivity index (χ4v) is 3.19. The van der Waals surface area contributed by atoms with E-state index in [0.717, 1.165) is 55.0 Å². The first-order valence-electron chi connectivity index (χ1n) is 9.48. The highest BCUT2D eigenvalue weighted by atomic mass is 19.1. The van der Waals surface area contributed by atoms with Crippen molar-refractivity contribution in [2.24, 2.45) is 0 Å². The van der Waals surface area contributed by atoms with E-state index in [1.165, 1.54) is 6.08 Å². The van der Waals surface area contributed by atoms with Crippen LogP contribution in [0.3, 0.4) is 0 Å². The van der Waals surface area contributed by atoms with E-state index in [1.54, 1.807) is 0 Å². The Morgan fingerprint density at radius 2 is 2.00 bits per heavy atom. The third-order valence-corrected chi connectivity index (χ3v) is 4.73. The van der Waals surface area contributed by atoms with Gasteiger partial charge in [0.05, 0.1) is 25.9 Å². The summed E-state index contributed by atoms with van der Waals surface area (Å²) in [7, 11) is 0. The summed E-state index contributed by atoms with van der Waals surface area (Å²) in [5, 5.41) is 12.4. The maximum atomic E-state index is 13.6. The molecule has 7 heteroatoms. The number of morpholine rings is 1. The van der Waals surface area contributed by atoms with E-state index in [0.29, 0.717) is 13.2 Å². The summed E-state index contributed by atoms with van der Waals surface area (Å²) < 4.78 is 32.2. The minimum absolute atomic E-state index is 0.0202. The molecular formula is C22H24F2N2O3. The fourth-order valence-electron chi connectivity index (χ4n) is 3.19. The second-order valence-electron chi connectivity index (χ2n) is 6.88. The van der Waals surface area contributed by atoms with E-state index in [4.69, 9.17) is 4.74 Å². The van der Waals surface area contributed by atoms with Gasteiger partial charge in [-0.05, 0) is 35.4 Å². The molecule has 1 atom stereocenters. The van der Waals surface area contributed by atoms with Gasteiger partial charge in [0.1, 0.15) is 11.6 Å². The number of rotatable bonds is 7. The predicted molar refractivity (Wildman–Crippen MR) is 106 cm³/mol. The molecule has 1 aliphatic rings. The number of amides is 1. The van der Waals surface area contributed by atoms with E-state index in [-0.39, 0.29) is 12.2 Å². The number of halogens is 2. The number of carbonyl (C=O) groups is 1. The summed E-state index contributed by atoms with van der Waals surface area (Å²) in [5.41, 5.74) is 1.83. The van der Waals surface area contributed by atoms with Crippen molar-refractivity contribution in [1.82, 2.24) is 10.2 Å². The van der Waals surface area contributed by atoms with Crippen LogP contribution in [0.5, 0.6) is 0 Å². The van der Waals surface area contributed by atoms with E-state index >= 15 is 0 Å². The zero-order valence-electron chi connectivity index (χ0n) is 16.0. The predicted octanol–water partition coefficient (Wildman–Crippen LogP) is 2.66. The topological polar surface area (TPSA) is 61.8 Å². The average Bonchev–Trinajstić information content (AvgIpc) is 2.73. The van der Waals surface area contributed by atoms with Crippen molar-refractivity contribution in [3.05, 3.63) is 76.9 Å². The van der Waals surface area contributed by atoms with Gasteiger partial charge in [0.25, 0.3) is 0 Å². The number of carbonyl (C=O) groups excluding carboxylic acids is 1. The van der Waals surface area contributed by atoms with E-state index < -0.39 is 23.6 Å². The van der Waals surface area contributed by atoms with Gasteiger partial charge in [-0.15, -0.1) is 0 Å². The van der Waals surface area contributed by atoms with Crippen LogP contribution >= 0.6 is 0 Å². The van der Waals surface area contributed by atoms with Gasteiger partial charge in [-0.1, -0.05) is 24.3 Å². The van der Waals surface area contributed by atoms with Gasteiger partial charge in [0.15, 0.2) is 0 Å². The highest BCUT2D eigenvalue weighted by molar-refractivity contribution is 5.92. The van der Waals surface area contributed by atoms with Crippen LogP contribution in [0.25, 0.3) is 6.08 Å². The molecule has 0 unspecified atom stereocenters. The van der Waals surface area contributed by atoms with Crippen molar-refractivity contribution in [2.45, 2.75) is 12.6 Å². The Morgan fingerprint density at radius 1 is 1.21 bits per heavy atom. The fraction of sp³-hybridized carbons (Fsp3) is 0.318. The monoisotopic (exact) mass is 402 g/mol. The largest absolute Gasteiger partial charge is 0.394 e. The number of ether oxygens (including phenoxy) is 1. The molecule has 1 heterocycles. The highest BCUT2D eigenvalue weighted by Gasteiger charge is 2.15. The molecule has 0 aromatic heterocycles. The summed E-state index contributed by atoms with van der Waals surface area (Å²) in [6, 6.07) is 10.1. The summed E-state index contributed by atoms with van der Waals surface area (Å²) in [6.45, 7) is 3.65. The highest BCUT2D eigenvalue weighted by Crippen LogP contribution is 2.17. The molecule has 0 radical (unpaired) electrons. The van der Waals surface area contributed by atoms with Crippen LogP contribution in [0.15, 0.2) is 48.5 Å². The smallest absolute Gasteiger partial charge is 0.244 e. The average molecular weight is 402 g/mol. The third kappa shape index (κ3) is 6.19. The van der Waals surface area contributed by atoms with Gasteiger partial charge in [-0.25, -0.2) is 8.78 Å². The summed E-state index contributed by atoms with van der Waals surface area (Å²) in [5.74, 6) is -1.71. The maximum absolute atomic E-state index is 13.6. The van der Waals surface area contributed by atoms with Crippen molar-refractivity contribution in [3.8, 4) is 0 Å². The molecular weight excluding hydrogens is 378 g/mol. The lowest BCUT2D eigenvalue weighted by Gasteiger charge is -2.27. The molecule has 154 valence electrons. The molecule has 2 aromatic rings. The second kappa shape index (κ2) is 10.2. The zero-order chi connectivity index (χ0) is 20.6. The van der Waals surface area contributed by atoms with Crippen LogP contribution in [-0.4, -0.2) is 48.8 Å². The van der Waals surface area contributed by atoms with Crippen LogP contribution in [0.1, 0.15) is 22.7 Å². The minimum Gasteiger partial charge on any atom is -0.394 e. The Balaban J connectivity index is 1.64. The van der Waals surface area contributed by atoms with Crippen LogP contribution in [-0.2, 0) is 16.1 Å². The molecule has 0 spiro atoms. The molecule has 0 bridgehead atoms. The quantitative estimate of drug-likeness (QED) is 0.699. The number of nitrogens with zero attached hydrogens (tertiary/aromatic N) is 1. The molecule has 1 fully saturated rings. The van der Waals surface area contributed by atoms with Crippen molar-refractivity contribution >= 4 is 12.0 Å². The van der Waals surface area contributed by atoms with E-state index in [9.17, 15) is 18.7 Å². The molecule has 0 saturated carbocycles. The lowest BCUT2D eigenvalue weighted by molar-refractivity contribution is -0.117. The normalized spacial score (nSPS) is 16.1. The second-order valence-corrected chi connectivity index (χ2v) is 6.88. The van der Waals surface area contributed by atoms with Gasteiger partial charge in [0.2, 0.25) is 5.91 Å². The van der Waals surface area contributed by atoms with Gasteiger partial charge < -0.3 is 15.2 Å². The molecule has 1 aliphatic heterocycles. The van der Waals surface area contributed by atoms with Crippen molar-refractivity contribution < 1.29 is 23.4 Å². The van der Waals surface area contributed by atoms with Gasteiger partial charge in [0, 0.05) is 31.3 Å². The number of aliphatic hydroxyl groups is 1. The molecule has 2 N–H and O–H groups in total. The SMILES string of the molecule is O=C(C=Cc1cc(F)ccc1F)N[C@H](CO)c1cccc(CN2CCOCC2)c1. The number of hydrogen-bond donors (Lipinski definition) is 2. The van der Waals surface area contributed by atoms with Crippen LogP contribution in [0.4, 0.5) is 8.78 Å².